The Morgan fingerprint density at radius 1 is 1.36 bits per heavy atom. The van der Waals surface area contributed by atoms with E-state index in [9.17, 15) is 8.78 Å². The molecule has 1 aromatic rings. The van der Waals surface area contributed by atoms with Crippen LogP contribution in [0.4, 0.5) is 8.78 Å². The van der Waals surface area contributed by atoms with Crippen molar-refractivity contribution in [3.63, 3.8) is 0 Å². The van der Waals surface area contributed by atoms with E-state index in [4.69, 9.17) is 5.73 Å². The van der Waals surface area contributed by atoms with Crippen LogP contribution in [-0.4, -0.2) is 6.61 Å². The average Bonchev–Trinajstić information content (AvgIpc) is 2.01. The van der Waals surface area contributed by atoms with E-state index in [0.717, 1.165) is 5.56 Å². The number of benzene rings is 1. The standard InChI is InChI=1S/C10H13F2NO/c1-10(2,13)7-4-3-5-8(6-7)14-9(11)12/h3-6,9H,13H2,1-2H3. The molecule has 2 N–H and O–H groups in total. The summed E-state index contributed by atoms with van der Waals surface area (Å²) in [6.45, 7) is 0.800. The highest BCUT2D eigenvalue weighted by Crippen LogP contribution is 2.22. The van der Waals surface area contributed by atoms with E-state index in [-0.39, 0.29) is 5.75 Å². The molecule has 78 valence electrons. The van der Waals surface area contributed by atoms with Gasteiger partial charge in [-0.05, 0) is 31.5 Å². The van der Waals surface area contributed by atoms with Crippen LogP contribution in [0.3, 0.4) is 0 Å². The molecule has 0 saturated carbocycles. The summed E-state index contributed by atoms with van der Waals surface area (Å²) in [4.78, 5) is 0. The molecule has 0 aliphatic carbocycles. The van der Waals surface area contributed by atoms with Crippen molar-refractivity contribution in [3.05, 3.63) is 29.8 Å². The molecule has 0 aliphatic rings. The van der Waals surface area contributed by atoms with E-state index < -0.39 is 12.2 Å². The number of rotatable bonds is 3. The van der Waals surface area contributed by atoms with Crippen LogP contribution in [0.2, 0.25) is 0 Å². The van der Waals surface area contributed by atoms with Gasteiger partial charge < -0.3 is 10.5 Å². The van der Waals surface area contributed by atoms with Crippen molar-refractivity contribution >= 4 is 0 Å². The van der Waals surface area contributed by atoms with Gasteiger partial charge in [0.15, 0.2) is 0 Å². The molecule has 4 heteroatoms. The smallest absolute Gasteiger partial charge is 0.387 e. The second kappa shape index (κ2) is 3.92. The molecule has 0 fully saturated rings. The lowest BCUT2D eigenvalue weighted by Gasteiger charge is -2.19. The van der Waals surface area contributed by atoms with Crippen LogP contribution in [0.25, 0.3) is 0 Å². The van der Waals surface area contributed by atoms with Crippen LogP contribution in [0, 0.1) is 0 Å². The van der Waals surface area contributed by atoms with Gasteiger partial charge in [-0.2, -0.15) is 8.78 Å². The predicted molar refractivity (Wildman–Crippen MR) is 50.3 cm³/mol. The summed E-state index contributed by atoms with van der Waals surface area (Å²) in [6.07, 6.45) is 0. The molecule has 0 spiro atoms. The third-order valence-corrected chi connectivity index (χ3v) is 1.80. The van der Waals surface area contributed by atoms with E-state index in [1.165, 1.54) is 12.1 Å². The minimum Gasteiger partial charge on any atom is -0.435 e. The summed E-state index contributed by atoms with van der Waals surface area (Å²) >= 11 is 0. The molecule has 2 nitrogen and oxygen atoms in total. The minimum atomic E-state index is -2.80. The summed E-state index contributed by atoms with van der Waals surface area (Å²) in [5.74, 6) is 0.135. The lowest BCUT2D eigenvalue weighted by molar-refractivity contribution is -0.0499. The van der Waals surface area contributed by atoms with Gasteiger partial charge in [0.05, 0.1) is 0 Å². The molecule has 0 amide bonds. The molecule has 0 saturated heterocycles. The summed E-state index contributed by atoms with van der Waals surface area (Å²) in [7, 11) is 0. The second-order valence-corrected chi connectivity index (χ2v) is 3.63. The predicted octanol–water partition coefficient (Wildman–Crippen LogP) is 2.48. The maximum atomic E-state index is 11.9. The molecule has 1 aromatic carbocycles. The zero-order valence-electron chi connectivity index (χ0n) is 8.13. The Bertz CT molecular complexity index is 307. The SMILES string of the molecule is CC(C)(N)c1cccc(OC(F)F)c1. The molecule has 0 aromatic heterocycles. The number of halogens is 2. The zero-order chi connectivity index (χ0) is 10.8. The van der Waals surface area contributed by atoms with Gasteiger partial charge in [-0.25, -0.2) is 0 Å². The lowest BCUT2D eigenvalue weighted by Crippen LogP contribution is -2.28. The van der Waals surface area contributed by atoms with Gasteiger partial charge in [-0.1, -0.05) is 12.1 Å². The fraction of sp³-hybridized carbons (Fsp3) is 0.400. The van der Waals surface area contributed by atoms with Crippen LogP contribution in [-0.2, 0) is 5.54 Å². The molecule has 0 bridgehead atoms. The van der Waals surface area contributed by atoms with Crippen LogP contribution < -0.4 is 10.5 Å². The molecule has 14 heavy (non-hydrogen) atoms. The monoisotopic (exact) mass is 201 g/mol. The Hall–Kier alpha value is -1.16. The van der Waals surface area contributed by atoms with E-state index in [1.54, 1.807) is 26.0 Å². The zero-order valence-corrected chi connectivity index (χ0v) is 8.13. The van der Waals surface area contributed by atoms with E-state index in [2.05, 4.69) is 4.74 Å². The molecule has 0 radical (unpaired) electrons. The lowest BCUT2D eigenvalue weighted by atomic mass is 9.96. The Labute approximate surface area is 81.7 Å². The van der Waals surface area contributed by atoms with Crippen molar-refractivity contribution in [3.8, 4) is 5.75 Å². The van der Waals surface area contributed by atoms with Gasteiger partial charge >= 0.3 is 6.61 Å². The van der Waals surface area contributed by atoms with E-state index in [1.807, 2.05) is 0 Å². The molecule has 0 unspecified atom stereocenters. The first-order valence-electron chi connectivity index (χ1n) is 4.24. The van der Waals surface area contributed by atoms with Crippen molar-refractivity contribution < 1.29 is 13.5 Å². The number of ether oxygens (including phenoxy) is 1. The first kappa shape index (κ1) is 10.9. The fourth-order valence-electron chi connectivity index (χ4n) is 1.07. The van der Waals surface area contributed by atoms with Gasteiger partial charge in [0.2, 0.25) is 0 Å². The van der Waals surface area contributed by atoms with Crippen molar-refractivity contribution in [2.75, 3.05) is 0 Å². The van der Waals surface area contributed by atoms with Gasteiger partial charge in [0.25, 0.3) is 0 Å². The van der Waals surface area contributed by atoms with Gasteiger partial charge in [0, 0.05) is 5.54 Å². The van der Waals surface area contributed by atoms with Crippen molar-refractivity contribution in [2.24, 2.45) is 5.73 Å². The van der Waals surface area contributed by atoms with E-state index >= 15 is 0 Å². The van der Waals surface area contributed by atoms with Crippen LogP contribution in [0.5, 0.6) is 5.75 Å². The molecular weight excluding hydrogens is 188 g/mol. The summed E-state index contributed by atoms with van der Waals surface area (Å²) in [5.41, 5.74) is 6.02. The molecule has 0 atom stereocenters. The first-order valence-corrected chi connectivity index (χ1v) is 4.24. The summed E-state index contributed by atoms with van der Waals surface area (Å²) < 4.78 is 28.1. The Morgan fingerprint density at radius 2 is 2.00 bits per heavy atom. The van der Waals surface area contributed by atoms with Crippen molar-refractivity contribution in [1.82, 2.24) is 0 Å². The fourth-order valence-corrected chi connectivity index (χ4v) is 1.07. The minimum absolute atomic E-state index is 0.135. The maximum absolute atomic E-state index is 11.9. The highest BCUT2D eigenvalue weighted by atomic mass is 19.3. The number of hydrogen-bond acceptors (Lipinski definition) is 2. The molecule has 0 heterocycles. The van der Waals surface area contributed by atoms with Crippen LogP contribution in [0.15, 0.2) is 24.3 Å². The van der Waals surface area contributed by atoms with Crippen molar-refractivity contribution in [1.29, 1.82) is 0 Å². The normalized spacial score (nSPS) is 11.9. The van der Waals surface area contributed by atoms with Crippen molar-refractivity contribution in [2.45, 2.75) is 26.0 Å². The topological polar surface area (TPSA) is 35.2 Å². The largest absolute Gasteiger partial charge is 0.435 e. The third-order valence-electron chi connectivity index (χ3n) is 1.80. The quantitative estimate of drug-likeness (QED) is 0.815. The summed E-state index contributed by atoms with van der Waals surface area (Å²) in [6, 6.07) is 6.41. The Morgan fingerprint density at radius 3 is 2.50 bits per heavy atom. The molecule has 0 aliphatic heterocycles. The Kier molecular flexibility index (Phi) is 3.06. The molecular formula is C10H13F2NO. The molecule has 1 rings (SSSR count). The van der Waals surface area contributed by atoms with E-state index in [0.29, 0.717) is 0 Å². The number of alkyl halides is 2. The summed E-state index contributed by atoms with van der Waals surface area (Å²) in [5, 5.41) is 0. The highest BCUT2D eigenvalue weighted by Gasteiger charge is 2.15. The Balaban J connectivity index is 2.90. The second-order valence-electron chi connectivity index (χ2n) is 3.63. The van der Waals surface area contributed by atoms with Gasteiger partial charge in [0.1, 0.15) is 5.75 Å². The van der Waals surface area contributed by atoms with Gasteiger partial charge in [-0.15, -0.1) is 0 Å². The van der Waals surface area contributed by atoms with Gasteiger partial charge in [-0.3, -0.25) is 0 Å². The third kappa shape index (κ3) is 2.96. The average molecular weight is 201 g/mol. The highest BCUT2D eigenvalue weighted by molar-refractivity contribution is 5.32. The maximum Gasteiger partial charge on any atom is 0.387 e. The van der Waals surface area contributed by atoms with Crippen LogP contribution >= 0.6 is 0 Å². The number of nitrogens with two attached hydrogens (primary N) is 1. The number of hydrogen-bond donors (Lipinski definition) is 1. The van der Waals surface area contributed by atoms with Crippen LogP contribution in [0.1, 0.15) is 19.4 Å². The first-order chi connectivity index (χ1) is 6.39.